The molecule has 3 rings (SSSR count). The Morgan fingerprint density at radius 2 is 2.14 bits per heavy atom. The molecule has 1 unspecified atom stereocenters. The number of hydrogen-bond acceptors (Lipinski definition) is 6. The van der Waals surface area contributed by atoms with E-state index in [2.05, 4.69) is 21.8 Å². The normalized spacial score (nSPS) is 15.5. The molecule has 28 heavy (non-hydrogen) atoms. The number of aliphatic hydroxyl groups excluding tert-OH is 1. The molecule has 0 amide bonds. The molecule has 144 valence electrons. The molecule has 1 aromatic carbocycles. The second kappa shape index (κ2) is 8.22. The van der Waals surface area contributed by atoms with Gasteiger partial charge in [-0.2, -0.15) is 5.26 Å². The minimum atomic E-state index is -0.937. The number of H-pyrrole nitrogens is 1. The largest absolute Gasteiger partial charge is 0.381 e. The minimum Gasteiger partial charge on any atom is -0.381 e. The fourth-order valence-corrected chi connectivity index (χ4v) is 2.98. The summed E-state index contributed by atoms with van der Waals surface area (Å²) in [4.78, 5) is 21.8. The van der Waals surface area contributed by atoms with Gasteiger partial charge in [-0.25, -0.2) is 9.37 Å². The van der Waals surface area contributed by atoms with E-state index in [4.69, 9.17) is 11.0 Å². The van der Waals surface area contributed by atoms with Crippen LogP contribution in [-0.2, 0) is 0 Å². The van der Waals surface area contributed by atoms with Crippen molar-refractivity contribution in [1.82, 2.24) is 9.97 Å². The summed E-state index contributed by atoms with van der Waals surface area (Å²) in [5, 5.41) is 18.4. The number of nitriles is 1. The minimum absolute atomic E-state index is 0.0301. The molecule has 7 nitrogen and oxygen atoms in total. The van der Waals surface area contributed by atoms with Crippen molar-refractivity contribution in [3.63, 3.8) is 0 Å². The Balaban J connectivity index is 2.14. The highest BCUT2D eigenvalue weighted by atomic mass is 19.1. The molecule has 0 aliphatic carbocycles. The summed E-state index contributed by atoms with van der Waals surface area (Å²) in [7, 11) is 0. The van der Waals surface area contributed by atoms with E-state index in [1.165, 1.54) is 19.1 Å². The second-order valence-corrected chi connectivity index (χ2v) is 6.69. The number of nitrogens with zero attached hydrogens (tertiary/aromatic N) is 3. The van der Waals surface area contributed by atoms with E-state index in [9.17, 15) is 14.3 Å². The summed E-state index contributed by atoms with van der Waals surface area (Å²) in [5.41, 5.74) is 5.91. The van der Waals surface area contributed by atoms with E-state index in [-0.39, 0.29) is 22.9 Å². The molecule has 2 aromatic rings. The van der Waals surface area contributed by atoms with E-state index in [0.717, 1.165) is 18.9 Å². The third kappa shape index (κ3) is 4.20. The first-order valence-corrected chi connectivity index (χ1v) is 8.93. The number of rotatable bonds is 2. The smallest absolute Gasteiger partial charge is 0.268 e. The topological polar surface area (TPSA) is 119 Å². The molecule has 0 radical (unpaired) electrons. The molecular formula is C20H20FN5O2. The maximum Gasteiger partial charge on any atom is 0.268 e. The van der Waals surface area contributed by atoms with Crippen LogP contribution < -0.4 is 16.2 Å². The van der Waals surface area contributed by atoms with Gasteiger partial charge in [0.2, 0.25) is 5.95 Å². The third-order valence-electron chi connectivity index (χ3n) is 4.52. The van der Waals surface area contributed by atoms with Crippen molar-refractivity contribution >= 4 is 5.95 Å². The fourth-order valence-electron chi connectivity index (χ4n) is 2.98. The Bertz CT molecular complexity index is 1040. The van der Waals surface area contributed by atoms with Gasteiger partial charge >= 0.3 is 0 Å². The highest BCUT2D eigenvalue weighted by Crippen LogP contribution is 2.24. The zero-order valence-electron chi connectivity index (χ0n) is 15.4. The SMILES string of the molecule is CC(O)C#Cc1c(-c2ccc(C#N)c(F)c2)nc(N2CCC(N)CC2)[nH]c1=O. The Morgan fingerprint density at radius 3 is 2.75 bits per heavy atom. The highest BCUT2D eigenvalue weighted by molar-refractivity contribution is 5.69. The first-order chi connectivity index (χ1) is 13.4. The highest BCUT2D eigenvalue weighted by Gasteiger charge is 2.21. The average Bonchev–Trinajstić information content (AvgIpc) is 2.67. The molecule has 0 saturated carbocycles. The third-order valence-corrected chi connectivity index (χ3v) is 4.52. The van der Waals surface area contributed by atoms with Crippen LogP contribution in [0.2, 0.25) is 0 Å². The lowest BCUT2D eigenvalue weighted by atomic mass is 10.0. The summed E-state index contributed by atoms with van der Waals surface area (Å²) in [6, 6.07) is 5.89. The number of aliphatic hydroxyl groups is 1. The second-order valence-electron chi connectivity index (χ2n) is 6.69. The monoisotopic (exact) mass is 381 g/mol. The maximum atomic E-state index is 14.1. The molecule has 2 heterocycles. The number of nitrogens with two attached hydrogens (primary N) is 1. The fraction of sp³-hybridized carbons (Fsp3) is 0.350. The van der Waals surface area contributed by atoms with Gasteiger partial charge in [-0.15, -0.1) is 0 Å². The lowest BCUT2D eigenvalue weighted by Gasteiger charge is -2.30. The summed E-state index contributed by atoms with van der Waals surface area (Å²) >= 11 is 0. The van der Waals surface area contributed by atoms with Crippen molar-refractivity contribution in [3.8, 4) is 29.2 Å². The van der Waals surface area contributed by atoms with Crippen molar-refractivity contribution in [2.75, 3.05) is 18.0 Å². The molecule has 8 heteroatoms. The van der Waals surface area contributed by atoms with Crippen LogP contribution in [0.4, 0.5) is 10.3 Å². The van der Waals surface area contributed by atoms with Crippen LogP contribution in [-0.4, -0.2) is 40.3 Å². The molecule has 1 aromatic heterocycles. The van der Waals surface area contributed by atoms with Crippen LogP contribution in [0.5, 0.6) is 0 Å². The lowest BCUT2D eigenvalue weighted by Crippen LogP contribution is -2.41. The van der Waals surface area contributed by atoms with Crippen LogP contribution >= 0.6 is 0 Å². The van der Waals surface area contributed by atoms with Crippen LogP contribution in [0.15, 0.2) is 23.0 Å². The van der Waals surface area contributed by atoms with Crippen molar-refractivity contribution in [2.24, 2.45) is 5.73 Å². The molecule has 1 aliphatic heterocycles. The van der Waals surface area contributed by atoms with Crippen molar-refractivity contribution in [3.05, 3.63) is 45.5 Å². The molecule has 1 atom stereocenters. The summed E-state index contributed by atoms with van der Waals surface area (Å²) in [5.74, 6) is 4.81. The van der Waals surface area contributed by atoms with Crippen LogP contribution in [0.1, 0.15) is 30.9 Å². The molecular weight excluding hydrogens is 361 g/mol. The predicted octanol–water partition coefficient (Wildman–Crippen LogP) is 1.11. The maximum absolute atomic E-state index is 14.1. The molecule has 0 bridgehead atoms. The van der Waals surface area contributed by atoms with Gasteiger partial charge in [0, 0.05) is 24.7 Å². The van der Waals surface area contributed by atoms with E-state index in [0.29, 0.717) is 24.6 Å². The Morgan fingerprint density at radius 1 is 1.43 bits per heavy atom. The van der Waals surface area contributed by atoms with Gasteiger partial charge in [-0.05, 0) is 31.9 Å². The number of halogens is 1. The summed E-state index contributed by atoms with van der Waals surface area (Å²) < 4.78 is 14.1. The number of aromatic nitrogens is 2. The Labute approximate surface area is 161 Å². The van der Waals surface area contributed by atoms with Gasteiger partial charge in [0.1, 0.15) is 23.6 Å². The van der Waals surface area contributed by atoms with Gasteiger partial charge in [0.05, 0.1) is 11.3 Å². The van der Waals surface area contributed by atoms with E-state index < -0.39 is 17.5 Å². The van der Waals surface area contributed by atoms with Gasteiger partial charge in [-0.3, -0.25) is 9.78 Å². The van der Waals surface area contributed by atoms with Crippen LogP contribution in [0.25, 0.3) is 11.3 Å². The lowest BCUT2D eigenvalue weighted by molar-refractivity contribution is 0.253. The van der Waals surface area contributed by atoms with Gasteiger partial charge in [0.15, 0.2) is 0 Å². The first-order valence-electron chi connectivity index (χ1n) is 8.93. The number of piperidine rings is 1. The van der Waals surface area contributed by atoms with E-state index >= 15 is 0 Å². The van der Waals surface area contributed by atoms with E-state index in [1.807, 2.05) is 4.90 Å². The quantitative estimate of drug-likeness (QED) is 0.671. The number of nitrogens with one attached hydrogen (secondary N) is 1. The van der Waals surface area contributed by atoms with E-state index in [1.54, 1.807) is 6.07 Å². The number of aromatic amines is 1. The first kappa shape index (κ1) is 19.6. The van der Waals surface area contributed by atoms with Crippen molar-refractivity contribution in [1.29, 1.82) is 5.26 Å². The van der Waals surface area contributed by atoms with Crippen molar-refractivity contribution < 1.29 is 9.50 Å². The standard InChI is InChI=1S/C20H20FN5O2/c1-12(27)2-5-16-18(13-3-4-14(11-22)17(21)10-13)24-20(25-19(16)28)26-8-6-15(23)7-9-26/h3-4,10,12,15,27H,6-9,23H2,1H3,(H,24,25,28). The summed E-state index contributed by atoms with van der Waals surface area (Å²) in [6.45, 7) is 2.76. The molecule has 1 aliphatic rings. The van der Waals surface area contributed by atoms with Crippen LogP contribution in [0.3, 0.4) is 0 Å². The molecule has 1 saturated heterocycles. The van der Waals surface area contributed by atoms with Gasteiger partial charge in [-0.1, -0.05) is 17.9 Å². The number of anilines is 1. The van der Waals surface area contributed by atoms with Gasteiger partial charge < -0.3 is 15.7 Å². The van der Waals surface area contributed by atoms with Crippen molar-refractivity contribution in [2.45, 2.75) is 31.9 Å². The van der Waals surface area contributed by atoms with Crippen LogP contribution in [0, 0.1) is 29.0 Å². The van der Waals surface area contributed by atoms with Gasteiger partial charge in [0.25, 0.3) is 5.56 Å². The molecule has 4 N–H and O–H groups in total. The zero-order chi connectivity index (χ0) is 20.3. The summed E-state index contributed by atoms with van der Waals surface area (Å²) in [6.07, 6.45) is 0.607. The molecule has 1 fully saturated rings. The number of benzene rings is 1. The Hall–Kier alpha value is -3.20. The average molecular weight is 381 g/mol. The predicted molar refractivity (Wildman–Crippen MR) is 103 cm³/mol. The molecule has 0 spiro atoms. The zero-order valence-corrected chi connectivity index (χ0v) is 15.4. The number of hydrogen-bond donors (Lipinski definition) is 3. The Kier molecular flexibility index (Phi) is 5.74.